The van der Waals surface area contributed by atoms with Crippen LogP contribution in [0.4, 0.5) is 0 Å². The largest absolute Gasteiger partial charge is 0.330 e. The fraction of sp³-hybridized carbons (Fsp3) is 0.571. The van der Waals surface area contributed by atoms with Crippen molar-refractivity contribution < 1.29 is 0 Å². The predicted octanol–water partition coefficient (Wildman–Crippen LogP) is 2.47. The first-order chi connectivity index (χ1) is 7.63. The zero-order valence-corrected chi connectivity index (χ0v) is 10.8. The van der Waals surface area contributed by atoms with Crippen LogP contribution in [0.1, 0.15) is 29.5 Å². The van der Waals surface area contributed by atoms with Crippen LogP contribution in [0.5, 0.6) is 0 Å². The topological polar surface area (TPSA) is 29.3 Å². The number of aryl methyl sites for hydroxylation is 2. The lowest BCUT2D eigenvalue weighted by Gasteiger charge is -2.18. The Morgan fingerprint density at radius 3 is 2.56 bits per heavy atom. The molecule has 0 aromatic heterocycles. The molecule has 0 aliphatic heterocycles. The summed E-state index contributed by atoms with van der Waals surface area (Å²) in [6.07, 6.45) is 2.31. The molecule has 0 saturated heterocycles. The molecule has 0 radical (unpaired) electrons. The third kappa shape index (κ3) is 4.33. The predicted molar refractivity (Wildman–Crippen MR) is 70.5 cm³/mol. The average Bonchev–Trinajstić information content (AvgIpc) is 2.23. The Morgan fingerprint density at radius 2 is 1.94 bits per heavy atom. The van der Waals surface area contributed by atoms with Crippen LogP contribution in [-0.2, 0) is 6.54 Å². The maximum absolute atomic E-state index is 5.49. The van der Waals surface area contributed by atoms with E-state index in [1.807, 2.05) is 0 Å². The molecule has 16 heavy (non-hydrogen) atoms. The average molecular weight is 220 g/mol. The third-order valence-corrected chi connectivity index (χ3v) is 2.93. The lowest BCUT2D eigenvalue weighted by molar-refractivity contribution is 0.319. The Hall–Kier alpha value is -0.860. The van der Waals surface area contributed by atoms with E-state index in [1.54, 1.807) is 0 Å². The number of hydrogen-bond donors (Lipinski definition) is 1. The van der Waals surface area contributed by atoms with Crippen LogP contribution < -0.4 is 5.73 Å². The van der Waals surface area contributed by atoms with Gasteiger partial charge in [0.15, 0.2) is 0 Å². The smallest absolute Gasteiger partial charge is 0.0233 e. The molecule has 0 fully saturated rings. The summed E-state index contributed by atoms with van der Waals surface area (Å²) in [4.78, 5) is 2.37. The minimum Gasteiger partial charge on any atom is -0.330 e. The Balaban J connectivity index is 2.46. The van der Waals surface area contributed by atoms with Crippen LogP contribution in [0.2, 0.25) is 0 Å². The van der Waals surface area contributed by atoms with Crippen LogP contribution >= 0.6 is 0 Å². The van der Waals surface area contributed by atoms with E-state index in [9.17, 15) is 0 Å². The second-order valence-corrected chi connectivity index (χ2v) is 4.66. The fourth-order valence-corrected chi connectivity index (χ4v) is 1.92. The molecule has 0 heterocycles. The van der Waals surface area contributed by atoms with Gasteiger partial charge in [-0.3, -0.25) is 0 Å². The fourth-order valence-electron chi connectivity index (χ4n) is 1.92. The molecule has 0 bridgehead atoms. The standard InChI is InChI=1S/C14H24N2/c1-12-6-7-14(13(2)10-12)11-16(3)9-5-4-8-15/h6-7,10H,4-5,8-9,11,15H2,1-3H3. The number of rotatable bonds is 6. The molecule has 2 heteroatoms. The Bertz CT molecular complexity index is 321. The second kappa shape index (κ2) is 6.66. The van der Waals surface area contributed by atoms with Gasteiger partial charge in [-0.1, -0.05) is 23.8 Å². The van der Waals surface area contributed by atoms with E-state index in [0.29, 0.717) is 0 Å². The molecule has 0 aliphatic carbocycles. The molecule has 2 nitrogen and oxygen atoms in total. The summed E-state index contributed by atoms with van der Waals surface area (Å²) in [6, 6.07) is 6.68. The molecule has 0 atom stereocenters. The van der Waals surface area contributed by atoms with Crippen molar-refractivity contribution in [3.63, 3.8) is 0 Å². The van der Waals surface area contributed by atoms with Crippen LogP contribution in [-0.4, -0.2) is 25.0 Å². The van der Waals surface area contributed by atoms with Crippen molar-refractivity contribution in [3.8, 4) is 0 Å². The van der Waals surface area contributed by atoms with Gasteiger partial charge in [0.1, 0.15) is 0 Å². The van der Waals surface area contributed by atoms with E-state index >= 15 is 0 Å². The van der Waals surface area contributed by atoms with Crippen molar-refractivity contribution in [2.45, 2.75) is 33.2 Å². The van der Waals surface area contributed by atoms with Gasteiger partial charge in [-0.05, 0) is 58.0 Å². The Labute approximate surface area is 99.5 Å². The first kappa shape index (κ1) is 13.2. The number of benzene rings is 1. The number of unbranched alkanes of at least 4 members (excludes halogenated alkanes) is 1. The van der Waals surface area contributed by atoms with Gasteiger partial charge in [0.2, 0.25) is 0 Å². The first-order valence-electron chi connectivity index (χ1n) is 6.08. The molecule has 0 saturated carbocycles. The SMILES string of the molecule is Cc1ccc(CN(C)CCCCN)c(C)c1. The van der Waals surface area contributed by atoms with Crippen molar-refractivity contribution >= 4 is 0 Å². The van der Waals surface area contributed by atoms with E-state index in [1.165, 1.54) is 23.1 Å². The van der Waals surface area contributed by atoms with Gasteiger partial charge in [0, 0.05) is 6.54 Å². The highest BCUT2D eigenvalue weighted by atomic mass is 15.1. The van der Waals surface area contributed by atoms with Gasteiger partial charge in [-0.15, -0.1) is 0 Å². The molecule has 0 aliphatic rings. The molecule has 90 valence electrons. The van der Waals surface area contributed by atoms with Gasteiger partial charge in [0.05, 0.1) is 0 Å². The zero-order chi connectivity index (χ0) is 12.0. The van der Waals surface area contributed by atoms with Crippen molar-refractivity contribution in [1.82, 2.24) is 4.90 Å². The summed E-state index contributed by atoms with van der Waals surface area (Å²) in [6.45, 7) is 7.30. The molecule has 0 spiro atoms. The molecule has 1 rings (SSSR count). The van der Waals surface area contributed by atoms with Crippen molar-refractivity contribution in [3.05, 3.63) is 34.9 Å². The van der Waals surface area contributed by atoms with E-state index in [2.05, 4.69) is 44.0 Å². The molecule has 2 N–H and O–H groups in total. The van der Waals surface area contributed by atoms with E-state index in [-0.39, 0.29) is 0 Å². The molecule has 1 aromatic rings. The van der Waals surface area contributed by atoms with Crippen LogP contribution in [0.15, 0.2) is 18.2 Å². The monoisotopic (exact) mass is 220 g/mol. The number of nitrogens with two attached hydrogens (primary N) is 1. The lowest BCUT2D eigenvalue weighted by Crippen LogP contribution is -2.20. The summed E-state index contributed by atoms with van der Waals surface area (Å²) in [5, 5.41) is 0. The van der Waals surface area contributed by atoms with Gasteiger partial charge >= 0.3 is 0 Å². The Kier molecular flexibility index (Phi) is 5.50. The normalized spacial score (nSPS) is 11.1. The van der Waals surface area contributed by atoms with Gasteiger partial charge in [-0.25, -0.2) is 0 Å². The first-order valence-corrected chi connectivity index (χ1v) is 6.08. The summed E-state index contributed by atoms with van der Waals surface area (Å²) < 4.78 is 0. The van der Waals surface area contributed by atoms with E-state index in [4.69, 9.17) is 5.73 Å². The van der Waals surface area contributed by atoms with Crippen LogP contribution in [0.25, 0.3) is 0 Å². The molecule has 1 aromatic carbocycles. The van der Waals surface area contributed by atoms with Crippen LogP contribution in [0, 0.1) is 13.8 Å². The summed E-state index contributed by atoms with van der Waals surface area (Å²) in [5.41, 5.74) is 9.65. The zero-order valence-electron chi connectivity index (χ0n) is 10.8. The van der Waals surface area contributed by atoms with Crippen molar-refractivity contribution in [2.75, 3.05) is 20.1 Å². The highest BCUT2D eigenvalue weighted by molar-refractivity contribution is 5.30. The number of hydrogen-bond acceptors (Lipinski definition) is 2. The van der Waals surface area contributed by atoms with Crippen LogP contribution in [0.3, 0.4) is 0 Å². The third-order valence-electron chi connectivity index (χ3n) is 2.93. The molecular formula is C14H24N2. The molecular weight excluding hydrogens is 196 g/mol. The number of nitrogens with zero attached hydrogens (tertiary/aromatic N) is 1. The highest BCUT2D eigenvalue weighted by Crippen LogP contribution is 2.12. The minimum atomic E-state index is 0.803. The van der Waals surface area contributed by atoms with Gasteiger partial charge in [-0.2, -0.15) is 0 Å². The van der Waals surface area contributed by atoms with Gasteiger partial charge < -0.3 is 10.6 Å². The van der Waals surface area contributed by atoms with E-state index < -0.39 is 0 Å². The Morgan fingerprint density at radius 1 is 1.19 bits per heavy atom. The minimum absolute atomic E-state index is 0.803. The summed E-state index contributed by atoms with van der Waals surface area (Å²) in [5.74, 6) is 0. The highest BCUT2D eigenvalue weighted by Gasteiger charge is 2.02. The molecule has 0 unspecified atom stereocenters. The maximum atomic E-state index is 5.49. The second-order valence-electron chi connectivity index (χ2n) is 4.66. The lowest BCUT2D eigenvalue weighted by atomic mass is 10.1. The summed E-state index contributed by atoms with van der Waals surface area (Å²) >= 11 is 0. The van der Waals surface area contributed by atoms with Crippen molar-refractivity contribution in [2.24, 2.45) is 5.73 Å². The molecule has 0 amide bonds. The summed E-state index contributed by atoms with van der Waals surface area (Å²) in [7, 11) is 2.18. The van der Waals surface area contributed by atoms with Crippen molar-refractivity contribution in [1.29, 1.82) is 0 Å². The van der Waals surface area contributed by atoms with E-state index in [0.717, 1.165) is 26.1 Å². The van der Waals surface area contributed by atoms with Gasteiger partial charge in [0.25, 0.3) is 0 Å². The maximum Gasteiger partial charge on any atom is 0.0233 e. The quantitative estimate of drug-likeness (QED) is 0.746.